The number of halogens is 1. The normalized spacial score (nSPS) is 12.2. The number of sulfonamides is 1. The van der Waals surface area contributed by atoms with Gasteiger partial charge in [-0.2, -0.15) is 4.31 Å². The number of hydrogen-bond donors (Lipinski definition) is 1. The zero-order valence-electron chi connectivity index (χ0n) is 20.6. The third kappa shape index (κ3) is 8.22. The van der Waals surface area contributed by atoms with Gasteiger partial charge >= 0.3 is 0 Å². The first-order valence-electron chi connectivity index (χ1n) is 10.9. The van der Waals surface area contributed by atoms with E-state index in [0.717, 1.165) is 16.1 Å². The first kappa shape index (κ1) is 28.1. The van der Waals surface area contributed by atoms with Gasteiger partial charge in [-0.15, -0.1) is 0 Å². The lowest BCUT2D eigenvalue weighted by Gasteiger charge is -2.30. The SMILES string of the molecule is COc1ccc(CCNC(=O)[C@@H](C)N(Cc2ccc(F)cc2)C(=O)CN(C)S(C)(=O)=O)cc1OC. The van der Waals surface area contributed by atoms with Crippen LogP contribution in [0, 0.1) is 5.82 Å². The van der Waals surface area contributed by atoms with E-state index in [9.17, 15) is 22.4 Å². The van der Waals surface area contributed by atoms with Crippen molar-refractivity contribution in [2.45, 2.75) is 25.9 Å². The molecule has 0 saturated heterocycles. The molecule has 0 aliphatic carbocycles. The molecule has 2 rings (SSSR count). The lowest BCUT2D eigenvalue weighted by Crippen LogP contribution is -2.50. The van der Waals surface area contributed by atoms with Crippen molar-refractivity contribution in [3.05, 3.63) is 59.4 Å². The van der Waals surface area contributed by atoms with Gasteiger partial charge in [-0.05, 0) is 48.7 Å². The fourth-order valence-electron chi connectivity index (χ4n) is 3.28. The molecule has 192 valence electrons. The second-order valence-electron chi connectivity index (χ2n) is 8.07. The molecule has 0 spiro atoms. The van der Waals surface area contributed by atoms with Gasteiger partial charge in [0.2, 0.25) is 21.8 Å². The molecule has 35 heavy (non-hydrogen) atoms. The van der Waals surface area contributed by atoms with Crippen LogP contribution in [0.25, 0.3) is 0 Å². The van der Waals surface area contributed by atoms with E-state index in [1.807, 2.05) is 12.1 Å². The molecule has 0 heterocycles. The zero-order valence-corrected chi connectivity index (χ0v) is 21.4. The van der Waals surface area contributed by atoms with Crippen LogP contribution in [0.3, 0.4) is 0 Å². The molecular formula is C24H32FN3O6S. The number of amides is 2. The number of benzene rings is 2. The number of ether oxygens (including phenoxy) is 2. The van der Waals surface area contributed by atoms with Gasteiger partial charge in [0.15, 0.2) is 11.5 Å². The van der Waals surface area contributed by atoms with Gasteiger partial charge in [-0.3, -0.25) is 9.59 Å². The molecule has 0 saturated carbocycles. The van der Waals surface area contributed by atoms with Crippen LogP contribution >= 0.6 is 0 Å². The number of methoxy groups -OCH3 is 2. The molecule has 1 atom stereocenters. The Morgan fingerprint density at radius 2 is 1.63 bits per heavy atom. The molecule has 11 heteroatoms. The van der Waals surface area contributed by atoms with Crippen LogP contribution in [0.15, 0.2) is 42.5 Å². The molecule has 0 aliphatic rings. The van der Waals surface area contributed by atoms with E-state index in [-0.39, 0.29) is 6.54 Å². The molecule has 9 nitrogen and oxygen atoms in total. The van der Waals surface area contributed by atoms with Crippen LogP contribution in [0.2, 0.25) is 0 Å². The lowest BCUT2D eigenvalue weighted by atomic mass is 10.1. The quantitative estimate of drug-likeness (QED) is 0.468. The van der Waals surface area contributed by atoms with Gasteiger partial charge in [-0.25, -0.2) is 12.8 Å². The number of nitrogens with one attached hydrogen (secondary N) is 1. The van der Waals surface area contributed by atoms with E-state index in [2.05, 4.69) is 5.32 Å². The molecule has 0 unspecified atom stereocenters. The second-order valence-corrected chi connectivity index (χ2v) is 10.2. The summed E-state index contributed by atoms with van der Waals surface area (Å²) in [5, 5.41) is 2.81. The van der Waals surface area contributed by atoms with E-state index < -0.39 is 40.2 Å². The van der Waals surface area contributed by atoms with E-state index in [4.69, 9.17) is 9.47 Å². The Morgan fingerprint density at radius 1 is 1.03 bits per heavy atom. The first-order valence-corrected chi connectivity index (χ1v) is 12.7. The van der Waals surface area contributed by atoms with Crippen molar-refractivity contribution >= 4 is 21.8 Å². The predicted molar refractivity (Wildman–Crippen MR) is 130 cm³/mol. The lowest BCUT2D eigenvalue weighted by molar-refractivity contribution is -0.140. The highest BCUT2D eigenvalue weighted by Gasteiger charge is 2.28. The van der Waals surface area contributed by atoms with Gasteiger partial charge in [0.05, 0.1) is 27.0 Å². The molecule has 0 fully saturated rings. The van der Waals surface area contributed by atoms with Crippen molar-refractivity contribution in [2.75, 3.05) is 40.6 Å². The van der Waals surface area contributed by atoms with Crippen LogP contribution < -0.4 is 14.8 Å². The van der Waals surface area contributed by atoms with Crippen molar-refractivity contribution in [3.63, 3.8) is 0 Å². The number of carbonyl (C=O) groups excluding carboxylic acids is 2. The Balaban J connectivity index is 2.10. The van der Waals surface area contributed by atoms with Gasteiger partial charge < -0.3 is 19.7 Å². The number of likely N-dealkylation sites (N-methyl/N-ethyl adjacent to an activating group) is 1. The van der Waals surface area contributed by atoms with Crippen molar-refractivity contribution in [2.24, 2.45) is 0 Å². The van der Waals surface area contributed by atoms with Crippen LogP contribution in [0.4, 0.5) is 4.39 Å². The minimum Gasteiger partial charge on any atom is -0.493 e. The number of carbonyl (C=O) groups is 2. The molecule has 2 amide bonds. The molecule has 1 N–H and O–H groups in total. The Kier molecular flexibility index (Phi) is 10.0. The van der Waals surface area contributed by atoms with Crippen molar-refractivity contribution in [1.29, 1.82) is 0 Å². The van der Waals surface area contributed by atoms with Crippen LogP contribution in [0.5, 0.6) is 11.5 Å². The maximum absolute atomic E-state index is 13.3. The monoisotopic (exact) mass is 509 g/mol. The van der Waals surface area contributed by atoms with Gasteiger partial charge in [0.1, 0.15) is 11.9 Å². The second kappa shape index (κ2) is 12.5. The fourth-order valence-corrected chi connectivity index (χ4v) is 3.63. The molecule has 2 aromatic carbocycles. The summed E-state index contributed by atoms with van der Waals surface area (Å²) in [6.45, 7) is 1.46. The highest BCUT2D eigenvalue weighted by molar-refractivity contribution is 7.88. The molecule has 2 aromatic rings. The molecule has 0 aromatic heterocycles. The molecule has 0 aliphatic heterocycles. The average Bonchev–Trinajstić information content (AvgIpc) is 2.82. The molecule has 0 bridgehead atoms. The maximum Gasteiger partial charge on any atom is 0.242 e. The Hall–Kier alpha value is -3.18. The summed E-state index contributed by atoms with van der Waals surface area (Å²) in [6.07, 6.45) is 1.51. The molecular weight excluding hydrogens is 477 g/mol. The van der Waals surface area contributed by atoms with Gasteiger partial charge in [0, 0.05) is 20.1 Å². The smallest absolute Gasteiger partial charge is 0.242 e. The van der Waals surface area contributed by atoms with Crippen LogP contribution in [-0.4, -0.2) is 76.1 Å². The minimum atomic E-state index is -3.59. The Bertz CT molecular complexity index is 1120. The zero-order chi connectivity index (χ0) is 26.2. The Labute approximate surface area is 205 Å². The molecule has 0 radical (unpaired) electrons. The van der Waals surface area contributed by atoms with E-state index in [0.29, 0.717) is 30.0 Å². The minimum absolute atomic E-state index is 0.0149. The summed E-state index contributed by atoms with van der Waals surface area (Å²) >= 11 is 0. The first-order chi connectivity index (χ1) is 16.5. The average molecular weight is 510 g/mol. The summed E-state index contributed by atoms with van der Waals surface area (Å²) in [6, 6.07) is 10.1. The summed E-state index contributed by atoms with van der Waals surface area (Å²) in [5.74, 6) is -0.198. The largest absolute Gasteiger partial charge is 0.493 e. The van der Waals surface area contributed by atoms with Crippen molar-refractivity contribution in [3.8, 4) is 11.5 Å². The highest BCUT2D eigenvalue weighted by Crippen LogP contribution is 2.27. The van der Waals surface area contributed by atoms with E-state index >= 15 is 0 Å². The summed E-state index contributed by atoms with van der Waals surface area (Å²) in [5.41, 5.74) is 1.52. The Morgan fingerprint density at radius 3 is 2.20 bits per heavy atom. The third-order valence-corrected chi connectivity index (χ3v) is 6.78. The van der Waals surface area contributed by atoms with Crippen LogP contribution in [-0.2, 0) is 32.6 Å². The number of rotatable bonds is 12. The standard InChI is InChI=1S/C24H32FN3O6S/c1-17(24(30)26-13-12-18-8-11-21(33-3)22(14-18)34-4)28(15-19-6-9-20(25)10-7-19)23(29)16-27(2)35(5,31)32/h6-11,14,17H,12-13,15-16H2,1-5H3,(H,26,30)/t17-/m1/s1. The van der Waals surface area contributed by atoms with Crippen molar-refractivity contribution < 1.29 is 31.9 Å². The summed E-state index contributed by atoms with van der Waals surface area (Å²) in [4.78, 5) is 27.2. The third-order valence-electron chi connectivity index (χ3n) is 5.52. The number of nitrogens with zero attached hydrogens (tertiary/aromatic N) is 2. The topological polar surface area (TPSA) is 105 Å². The summed E-state index contributed by atoms with van der Waals surface area (Å²) in [7, 11) is 0.782. The van der Waals surface area contributed by atoms with Crippen LogP contribution in [0.1, 0.15) is 18.1 Å². The van der Waals surface area contributed by atoms with E-state index in [1.54, 1.807) is 27.2 Å². The summed E-state index contributed by atoms with van der Waals surface area (Å²) < 4.78 is 48.3. The van der Waals surface area contributed by atoms with Crippen molar-refractivity contribution in [1.82, 2.24) is 14.5 Å². The number of hydrogen-bond acceptors (Lipinski definition) is 6. The maximum atomic E-state index is 13.3. The van der Waals surface area contributed by atoms with Gasteiger partial charge in [-0.1, -0.05) is 18.2 Å². The van der Waals surface area contributed by atoms with E-state index in [1.165, 1.54) is 36.2 Å². The van der Waals surface area contributed by atoms with Gasteiger partial charge in [0.25, 0.3) is 0 Å². The predicted octanol–water partition coefficient (Wildman–Crippen LogP) is 1.81. The highest BCUT2D eigenvalue weighted by atomic mass is 32.2. The fraction of sp³-hybridized carbons (Fsp3) is 0.417.